The van der Waals surface area contributed by atoms with Crippen molar-refractivity contribution in [1.29, 1.82) is 0 Å². The number of benzene rings is 1. The first kappa shape index (κ1) is 13.1. The molecule has 3 rings (SSSR count). The Balaban J connectivity index is 1.98. The average Bonchev–Trinajstić information content (AvgIpc) is 2.45. The van der Waals surface area contributed by atoms with Crippen LogP contribution in [0.5, 0.6) is 0 Å². The summed E-state index contributed by atoms with van der Waals surface area (Å²) >= 11 is 3.49. The van der Waals surface area contributed by atoms with Crippen molar-refractivity contribution < 1.29 is 4.79 Å². The fourth-order valence-electron chi connectivity index (χ4n) is 2.35. The molecule has 0 bridgehead atoms. The van der Waals surface area contributed by atoms with Crippen LogP contribution in [0.1, 0.15) is 5.69 Å². The van der Waals surface area contributed by atoms with Gasteiger partial charge in [0.2, 0.25) is 5.91 Å². The summed E-state index contributed by atoms with van der Waals surface area (Å²) in [6, 6.07) is 11.8. The highest BCUT2D eigenvalue weighted by Crippen LogP contribution is 2.35. The average molecular weight is 332 g/mol. The molecule has 0 spiro atoms. The van der Waals surface area contributed by atoms with Crippen molar-refractivity contribution in [3.8, 4) is 0 Å². The van der Waals surface area contributed by atoms with Gasteiger partial charge in [0, 0.05) is 17.7 Å². The predicted molar refractivity (Wildman–Crippen MR) is 82.8 cm³/mol. The van der Waals surface area contributed by atoms with Crippen LogP contribution in [0.2, 0.25) is 0 Å². The quantitative estimate of drug-likeness (QED) is 0.849. The summed E-state index contributed by atoms with van der Waals surface area (Å²) < 4.78 is 1.00. The molecule has 2 heterocycles. The first-order valence-corrected chi connectivity index (χ1v) is 7.15. The number of hydrogen-bond donors (Lipinski definition) is 0. The number of fused-ring (bicyclic) bond motifs is 1. The maximum atomic E-state index is 12.1. The molecule has 102 valence electrons. The topological polar surface area (TPSA) is 36.4 Å². The fraction of sp³-hybridized carbons (Fsp3) is 0.200. The number of amides is 1. The van der Waals surface area contributed by atoms with Crippen LogP contribution in [-0.2, 0) is 11.3 Å². The fourth-order valence-corrected chi connectivity index (χ4v) is 2.70. The number of pyridine rings is 1. The third-order valence-corrected chi connectivity index (χ3v) is 3.91. The van der Waals surface area contributed by atoms with Crippen LogP contribution >= 0.6 is 15.9 Å². The van der Waals surface area contributed by atoms with Gasteiger partial charge in [-0.25, -0.2) is 0 Å². The molecule has 5 heteroatoms. The lowest BCUT2D eigenvalue weighted by Gasteiger charge is -2.35. The minimum atomic E-state index is 0.0933. The second-order valence-electron chi connectivity index (χ2n) is 4.76. The molecule has 1 aliphatic heterocycles. The molecule has 0 unspecified atom stereocenters. The van der Waals surface area contributed by atoms with Gasteiger partial charge in [-0.1, -0.05) is 22.0 Å². The number of rotatable bonds is 2. The molecule has 0 aliphatic carbocycles. The number of likely N-dealkylation sites (N-methyl/N-ethyl adjacent to an activating group) is 1. The van der Waals surface area contributed by atoms with Crippen molar-refractivity contribution in [2.45, 2.75) is 6.54 Å². The number of nitrogens with zero attached hydrogens (tertiary/aromatic N) is 3. The van der Waals surface area contributed by atoms with Crippen LogP contribution in [-0.4, -0.2) is 24.5 Å². The number of halogens is 1. The Hall–Kier alpha value is -1.88. The van der Waals surface area contributed by atoms with Crippen molar-refractivity contribution in [2.24, 2.45) is 0 Å². The minimum Gasteiger partial charge on any atom is -0.355 e. The standard InChI is InChI=1S/C15H14BrN3O/c1-18-13-6-5-11(16)8-14(13)19(10-15(18)20)9-12-4-2-3-7-17-12/h2-8H,9-10H2,1H3. The van der Waals surface area contributed by atoms with Gasteiger partial charge >= 0.3 is 0 Å². The molecule has 0 saturated carbocycles. The zero-order chi connectivity index (χ0) is 14.1. The van der Waals surface area contributed by atoms with Gasteiger partial charge in [-0.15, -0.1) is 0 Å². The molecule has 0 atom stereocenters. The zero-order valence-electron chi connectivity index (χ0n) is 11.1. The van der Waals surface area contributed by atoms with Gasteiger partial charge in [0.05, 0.1) is 30.2 Å². The van der Waals surface area contributed by atoms with Crippen LogP contribution in [0.3, 0.4) is 0 Å². The molecule has 0 radical (unpaired) electrons. The van der Waals surface area contributed by atoms with Crippen LogP contribution in [0.15, 0.2) is 47.1 Å². The van der Waals surface area contributed by atoms with Gasteiger partial charge in [-0.2, -0.15) is 0 Å². The zero-order valence-corrected chi connectivity index (χ0v) is 12.7. The van der Waals surface area contributed by atoms with E-state index in [1.807, 2.05) is 43.4 Å². The van der Waals surface area contributed by atoms with Gasteiger partial charge in [0.15, 0.2) is 0 Å². The van der Waals surface area contributed by atoms with Crippen LogP contribution in [0.4, 0.5) is 11.4 Å². The van der Waals surface area contributed by atoms with Crippen LogP contribution in [0.25, 0.3) is 0 Å². The van der Waals surface area contributed by atoms with Crippen molar-refractivity contribution in [2.75, 3.05) is 23.4 Å². The van der Waals surface area contributed by atoms with Gasteiger partial charge in [-0.05, 0) is 30.3 Å². The first-order chi connectivity index (χ1) is 9.65. The van der Waals surface area contributed by atoms with Gasteiger partial charge in [0.1, 0.15) is 0 Å². The van der Waals surface area contributed by atoms with E-state index in [-0.39, 0.29) is 5.91 Å². The van der Waals surface area contributed by atoms with Gasteiger partial charge in [0.25, 0.3) is 0 Å². The lowest BCUT2D eigenvalue weighted by Crippen LogP contribution is -2.43. The Morgan fingerprint density at radius 2 is 2.10 bits per heavy atom. The maximum absolute atomic E-state index is 12.1. The number of aromatic nitrogens is 1. The van der Waals surface area contributed by atoms with E-state index < -0.39 is 0 Å². The summed E-state index contributed by atoms with van der Waals surface area (Å²) in [5, 5.41) is 0. The monoisotopic (exact) mass is 331 g/mol. The summed E-state index contributed by atoms with van der Waals surface area (Å²) in [7, 11) is 1.81. The number of carbonyl (C=O) groups is 1. The predicted octanol–water partition coefficient (Wildman–Crippen LogP) is 2.83. The van der Waals surface area contributed by atoms with Crippen molar-refractivity contribution in [1.82, 2.24) is 4.98 Å². The molecule has 1 aromatic carbocycles. The smallest absolute Gasteiger partial charge is 0.246 e. The number of carbonyl (C=O) groups excluding carboxylic acids is 1. The lowest BCUT2D eigenvalue weighted by molar-refractivity contribution is -0.117. The lowest BCUT2D eigenvalue weighted by atomic mass is 10.1. The highest BCUT2D eigenvalue weighted by Gasteiger charge is 2.26. The van der Waals surface area contributed by atoms with E-state index in [0.29, 0.717) is 13.1 Å². The first-order valence-electron chi connectivity index (χ1n) is 6.36. The number of anilines is 2. The molecular formula is C15H14BrN3O. The van der Waals surface area contributed by atoms with Crippen molar-refractivity contribution >= 4 is 33.2 Å². The molecule has 0 saturated heterocycles. The van der Waals surface area contributed by atoms with E-state index >= 15 is 0 Å². The molecule has 2 aromatic rings. The summed E-state index contributed by atoms with van der Waals surface area (Å²) in [4.78, 5) is 20.2. The Labute approximate surface area is 126 Å². The van der Waals surface area contributed by atoms with Crippen LogP contribution in [0, 0.1) is 0 Å². The van der Waals surface area contributed by atoms with E-state index in [9.17, 15) is 4.79 Å². The Bertz CT molecular complexity index is 645. The Morgan fingerprint density at radius 3 is 2.85 bits per heavy atom. The highest BCUT2D eigenvalue weighted by molar-refractivity contribution is 9.10. The molecular weight excluding hydrogens is 318 g/mol. The van der Waals surface area contributed by atoms with E-state index in [0.717, 1.165) is 21.5 Å². The molecule has 1 amide bonds. The number of hydrogen-bond acceptors (Lipinski definition) is 3. The normalized spacial score (nSPS) is 14.4. The minimum absolute atomic E-state index is 0.0933. The largest absolute Gasteiger partial charge is 0.355 e. The van der Waals surface area contributed by atoms with Crippen molar-refractivity contribution in [3.63, 3.8) is 0 Å². The molecule has 1 aromatic heterocycles. The molecule has 4 nitrogen and oxygen atoms in total. The van der Waals surface area contributed by atoms with Gasteiger partial charge < -0.3 is 9.80 Å². The second-order valence-corrected chi connectivity index (χ2v) is 5.68. The summed E-state index contributed by atoms with van der Waals surface area (Å²) in [5.41, 5.74) is 2.93. The van der Waals surface area contributed by atoms with Crippen molar-refractivity contribution in [3.05, 3.63) is 52.8 Å². The van der Waals surface area contributed by atoms with E-state index in [2.05, 4.69) is 25.8 Å². The third kappa shape index (κ3) is 2.41. The van der Waals surface area contributed by atoms with E-state index in [1.165, 1.54) is 0 Å². The Kier molecular flexibility index (Phi) is 3.44. The molecule has 1 aliphatic rings. The van der Waals surface area contributed by atoms with Gasteiger partial charge in [-0.3, -0.25) is 9.78 Å². The summed E-state index contributed by atoms with van der Waals surface area (Å²) in [5.74, 6) is 0.0933. The Morgan fingerprint density at radius 1 is 1.25 bits per heavy atom. The highest BCUT2D eigenvalue weighted by atomic mass is 79.9. The summed E-state index contributed by atoms with van der Waals surface area (Å²) in [6.45, 7) is 1.00. The van der Waals surface area contributed by atoms with E-state index in [1.54, 1.807) is 11.1 Å². The molecule has 0 fully saturated rings. The third-order valence-electron chi connectivity index (χ3n) is 3.42. The second kappa shape index (κ2) is 5.25. The molecule has 0 N–H and O–H groups in total. The van der Waals surface area contributed by atoms with Crippen LogP contribution < -0.4 is 9.80 Å². The molecule has 20 heavy (non-hydrogen) atoms. The maximum Gasteiger partial charge on any atom is 0.246 e. The SMILES string of the molecule is CN1C(=O)CN(Cc2ccccn2)c2cc(Br)ccc21. The summed E-state index contributed by atoms with van der Waals surface area (Å²) in [6.07, 6.45) is 1.77. The van der Waals surface area contributed by atoms with E-state index in [4.69, 9.17) is 0 Å².